The van der Waals surface area contributed by atoms with Crippen LogP contribution in [0.15, 0.2) is 71.7 Å². The average Bonchev–Trinajstić information content (AvgIpc) is 3.67. The lowest BCUT2D eigenvalue weighted by molar-refractivity contribution is -0.135. The van der Waals surface area contributed by atoms with Gasteiger partial charge in [-0.1, -0.05) is 37.5 Å². The number of nitrogens with one attached hydrogen (secondary N) is 2. The zero-order chi connectivity index (χ0) is 36.8. The number of likely N-dealkylation sites (tertiary alicyclic amines) is 1. The number of aryl methyl sites for hydroxylation is 2. The number of amides is 3. The minimum Gasteiger partial charge on any atom is -0.321 e. The number of para-hydroxylation sites is 2. The number of rotatable bonds is 4. The van der Waals surface area contributed by atoms with E-state index in [0.29, 0.717) is 30.2 Å². The number of nitrogens with zero attached hydrogens (tertiary/aromatic N) is 6. The molecule has 3 amide bonds. The molecule has 2 aromatic carbocycles. The fourth-order valence-electron chi connectivity index (χ4n) is 7.17. The highest BCUT2D eigenvalue weighted by Gasteiger charge is 2.31. The second-order valence-corrected chi connectivity index (χ2v) is 14.0. The predicted octanol–water partition coefficient (Wildman–Crippen LogP) is 5.87. The van der Waals surface area contributed by atoms with Crippen LogP contribution >= 0.6 is 0 Å². The summed E-state index contributed by atoms with van der Waals surface area (Å²) in [6.07, 6.45) is 10.3. The molecule has 2 saturated heterocycles. The van der Waals surface area contributed by atoms with Crippen LogP contribution in [0.1, 0.15) is 86.1 Å². The van der Waals surface area contributed by atoms with E-state index in [9.17, 15) is 23.6 Å². The van der Waals surface area contributed by atoms with Crippen LogP contribution in [0, 0.1) is 6.92 Å². The van der Waals surface area contributed by atoms with Gasteiger partial charge in [0, 0.05) is 43.0 Å². The smallest absolute Gasteiger partial charge is 0.321 e. The van der Waals surface area contributed by atoms with Gasteiger partial charge in [-0.05, 0) is 95.1 Å². The third-order valence-corrected chi connectivity index (χ3v) is 9.93. The first-order valence-corrected chi connectivity index (χ1v) is 18.1. The van der Waals surface area contributed by atoms with Gasteiger partial charge >= 0.3 is 5.69 Å². The first kappa shape index (κ1) is 36.6. The van der Waals surface area contributed by atoms with E-state index in [4.69, 9.17) is 5.10 Å². The highest BCUT2D eigenvalue weighted by Crippen LogP contribution is 2.29. The Balaban J connectivity index is 0.000000151. The monoisotopic (exact) mass is 710 g/mol. The van der Waals surface area contributed by atoms with Crippen LogP contribution in [0.3, 0.4) is 0 Å². The number of imide groups is 1. The predicted molar refractivity (Wildman–Crippen MR) is 199 cm³/mol. The molecule has 3 fully saturated rings. The Kier molecular flexibility index (Phi) is 11.6. The highest BCUT2D eigenvalue weighted by atomic mass is 19.1. The Labute approximate surface area is 302 Å². The van der Waals surface area contributed by atoms with Crippen molar-refractivity contribution in [3.63, 3.8) is 0 Å². The summed E-state index contributed by atoms with van der Waals surface area (Å²) in [7, 11) is 3.64. The molecule has 2 unspecified atom stereocenters. The van der Waals surface area contributed by atoms with Gasteiger partial charge in [0.05, 0.1) is 22.6 Å². The summed E-state index contributed by atoms with van der Waals surface area (Å²) >= 11 is 0. The van der Waals surface area contributed by atoms with E-state index in [2.05, 4.69) is 26.5 Å². The summed E-state index contributed by atoms with van der Waals surface area (Å²) < 4.78 is 17.5. The van der Waals surface area contributed by atoms with E-state index in [1.54, 1.807) is 19.2 Å². The van der Waals surface area contributed by atoms with Gasteiger partial charge in [0.25, 0.3) is 5.91 Å². The Morgan fingerprint density at radius 1 is 0.904 bits per heavy atom. The number of aromatic nitrogens is 5. The number of piperidine rings is 2. The molecule has 2 N–H and O–H groups in total. The maximum absolute atomic E-state index is 12.4. The molecule has 3 aliphatic rings. The van der Waals surface area contributed by atoms with Gasteiger partial charge < -0.3 is 10.2 Å². The molecule has 274 valence electrons. The molecule has 1 aliphatic carbocycles. The zero-order valence-electron chi connectivity index (χ0n) is 30.1. The number of fused-ring (bicyclic) bond motifs is 2. The minimum absolute atomic E-state index is 0.192. The fourth-order valence-corrected chi connectivity index (χ4v) is 7.17. The van der Waals surface area contributed by atoms with Crippen molar-refractivity contribution < 1.29 is 18.8 Å². The Morgan fingerprint density at radius 3 is 2.37 bits per heavy atom. The van der Waals surface area contributed by atoms with Gasteiger partial charge in [-0.15, -0.1) is 0 Å². The van der Waals surface area contributed by atoms with Crippen molar-refractivity contribution in [1.82, 2.24) is 34.1 Å². The molecule has 1 saturated carbocycles. The second kappa shape index (κ2) is 16.4. The van der Waals surface area contributed by atoms with Crippen LogP contribution in [-0.4, -0.2) is 72.8 Å². The van der Waals surface area contributed by atoms with Gasteiger partial charge in [0.2, 0.25) is 11.8 Å². The topological polar surface area (TPSA) is 136 Å². The fraction of sp³-hybridized carbons (Fsp3) is 0.436. The lowest BCUT2D eigenvalue weighted by Crippen LogP contribution is -2.44. The van der Waals surface area contributed by atoms with E-state index in [-0.39, 0.29) is 23.9 Å². The normalized spacial score (nSPS) is 19.7. The summed E-state index contributed by atoms with van der Waals surface area (Å²) in [5.74, 6) is -0.882. The number of carbonyl (C=O) groups excluding carboxylic acids is 3. The molecule has 0 radical (unpaired) electrons. The first-order valence-electron chi connectivity index (χ1n) is 18.1. The highest BCUT2D eigenvalue weighted by molar-refractivity contribution is 6.04. The lowest BCUT2D eigenvalue weighted by atomic mass is 9.96. The van der Waals surface area contributed by atoms with E-state index >= 15 is 0 Å². The Morgan fingerprint density at radius 2 is 1.67 bits per heavy atom. The van der Waals surface area contributed by atoms with Crippen molar-refractivity contribution >= 4 is 45.3 Å². The lowest BCUT2D eigenvalue weighted by Gasteiger charge is -2.24. The number of hydrogen-bond acceptors (Lipinski definition) is 7. The number of halogens is 1. The van der Waals surface area contributed by atoms with Crippen molar-refractivity contribution in [2.45, 2.75) is 83.0 Å². The van der Waals surface area contributed by atoms with Gasteiger partial charge in [-0.2, -0.15) is 5.10 Å². The maximum atomic E-state index is 12.4. The average molecular weight is 711 g/mol. The van der Waals surface area contributed by atoms with Crippen LogP contribution in [0.4, 0.5) is 10.1 Å². The molecule has 3 aromatic heterocycles. The quantitative estimate of drug-likeness (QED) is 0.223. The molecular formula is C39H47FN8O4. The van der Waals surface area contributed by atoms with Crippen LogP contribution in [-0.2, 0) is 16.6 Å². The van der Waals surface area contributed by atoms with Crippen LogP contribution < -0.4 is 16.3 Å². The molecule has 5 aromatic rings. The molecule has 12 nitrogen and oxygen atoms in total. The number of imidazole rings is 1. The van der Waals surface area contributed by atoms with Crippen LogP contribution in [0.2, 0.25) is 0 Å². The molecule has 8 rings (SSSR count). The molecule has 0 spiro atoms. The van der Waals surface area contributed by atoms with Gasteiger partial charge in [0.1, 0.15) is 17.9 Å². The Hall–Kier alpha value is -5.17. The number of hydrogen-bond donors (Lipinski definition) is 2. The minimum atomic E-state index is -0.615. The molecule has 13 heteroatoms. The zero-order valence-corrected chi connectivity index (χ0v) is 30.1. The van der Waals surface area contributed by atoms with Crippen LogP contribution in [0.5, 0.6) is 0 Å². The van der Waals surface area contributed by atoms with Crippen molar-refractivity contribution in [3.8, 4) is 0 Å². The SMILES string of the molecule is CN1CCCC(F)C1.Cc1cccc(C(=O)Nc2ccc3nn(C4CCCCC4)cc3c2)n1.Cn1c(=O)n(C2CCC(=O)NC2=O)c2ccccc21. The van der Waals surface area contributed by atoms with E-state index in [1.807, 2.05) is 67.4 Å². The van der Waals surface area contributed by atoms with E-state index in [1.165, 1.54) is 41.2 Å². The Bertz CT molecular complexity index is 2110. The third kappa shape index (κ3) is 8.64. The van der Waals surface area contributed by atoms with Crippen molar-refractivity contribution in [3.05, 3.63) is 88.7 Å². The summed E-state index contributed by atoms with van der Waals surface area (Å²) in [5, 5.41) is 11.0. The first-order chi connectivity index (χ1) is 25.1. The molecule has 2 atom stereocenters. The molecule has 5 heterocycles. The number of benzene rings is 2. The van der Waals surface area contributed by atoms with Gasteiger partial charge in [-0.25, -0.2) is 14.2 Å². The third-order valence-electron chi connectivity index (χ3n) is 9.93. The van der Waals surface area contributed by atoms with Gasteiger partial charge in [-0.3, -0.25) is 33.5 Å². The van der Waals surface area contributed by atoms with Gasteiger partial charge in [0.15, 0.2) is 0 Å². The van der Waals surface area contributed by atoms with E-state index in [0.717, 1.165) is 47.2 Å². The van der Waals surface area contributed by atoms with Crippen molar-refractivity contribution in [2.75, 3.05) is 25.5 Å². The maximum Gasteiger partial charge on any atom is 0.329 e. The van der Waals surface area contributed by atoms with E-state index < -0.39 is 18.1 Å². The molecule has 0 bridgehead atoms. The standard InChI is InChI=1S/C20H22N4O.C13H13N3O3.C6H12FN/c1-14-6-5-9-19(21-14)20(25)22-16-10-11-18-15(12-16)13-24(23-18)17-7-3-2-4-8-17;1-15-8-4-2-3-5-9(8)16(13(15)19)10-6-7-11(17)14-12(10)18;1-8-4-2-3-6(7)5-8/h5-6,9-13,17H,2-4,7-8H2,1H3,(H,22,25);2-5,10H,6-7H2,1H3,(H,14,17,18);6H,2-5H2,1H3. The summed E-state index contributed by atoms with van der Waals surface area (Å²) in [6, 6.07) is 18.5. The molecule has 52 heavy (non-hydrogen) atoms. The summed E-state index contributed by atoms with van der Waals surface area (Å²) in [6.45, 7) is 3.59. The number of carbonyl (C=O) groups is 3. The molecule has 2 aliphatic heterocycles. The van der Waals surface area contributed by atoms with Crippen molar-refractivity contribution in [2.24, 2.45) is 7.05 Å². The summed E-state index contributed by atoms with van der Waals surface area (Å²) in [5.41, 5.74) is 4.24. The number of anilines is 1. The summed E-state index contributed by atoms with van der Waals surface area (Å²) in [4.78, 5) is 54.0. The van der Waals surface area contributed by atoms with Crippen molar-refractivity contribution in [1.29, 1.82) is 0 Å². The van der Waals surface area contributed by atoms with Crippen LogP contribution in [0.25, 0.3) is 21.9 Å². The number of pyridine rings is 1. The second-order valence-electron chi connectivity index (χ2n) is 14.0. The number of alkyl halides is 1. The largest absolute Gasteiger partial charge is 0.329 e. The molecular weight excluding hydrogens is 663 g/mol.